The minimum Gasteiger partial charge on any atom is -0.444 e. The van der Waals surface area contributed by atoms with Crippen LogP contribution in [-0.4, -0.2) is 33.9 Å². The minimum absolute atomic E-state index is 0.258. The van der Waals surface area contributed by atoms with Gasteiger partial charge in [0.05, 0.1) is 28.7 Å². The van der Waals surface area contributed by atoms with E-state index in [0.717, 1.165) is 27.0 Å². The molecule has 0 radical (unpaired) electrons. The van der Waals surface area contributed by atoms with Crippen molar-refractivity contribution >= 4 is 28.3 Å². The number of carbonyl (C=O) groups is 1. The molecule has 4 rings (SSSR count). The summed E-state index contributed by atoms with van der Waals surface area (Å²) in [7, 11) is 0. The molecule has 0 N–H and O–H groups in total. The highest BCUT2D eigenvalue weighted by Gasteiger charge is 2.46. The molecule has 5 nitrogen and oxygen atoms in total. The molecule has 6 heteroatoms. The van der Waals surface area contributed by atoms with E-state index in [1.807, 2.05) is 64.3 Å². The summed E-state index contributed by atoms with van der Waals surface area (Å²) in [5, 5.41) is 3.06. The van der Waals surface area contributed by atoms with Crippen molar-refractivity contribution in [3.05, 3.63) is 53.4 Å². The predicted molar refractivity (Wildman–Crippen MR) is 116 cm³/mol. The maximum atomic E-state index is 13.1. The van der Waals surface area contributed by atoms with Gasteiger partial charge in [-0.15, -0.1) is 11.3 Å². The van der Waals surface area contributed by atoms with Gasteiger partial charge in [0.15, 0.2) is 0 Å². The highest BCUT2D eigenvalue weighted by atomic mass is 32.1. The predicted octanol–water partition coefficient (Wildman–Crippen LogP) is 6.01. The van der Waals surface area contributed by atoms with Gasteiger partial charge in [0.1, 0.15) is 11.3 Å². The van der Waals surface area contributed by atoms with Crippen molar-refractivity contribution in [1.29, 1.82) is 0 Å². The third kappa shape index (κ3) is 3.87. The molecule has 1 saturated heterocycles. The van der Waals surface area contributed by atoms with Crippen LogP contribution < -0.4 is 0 Å². The van der Waals surface area contributed by atoms with Gasteiger partial charge in [0, 0.05) is 5.39 Å². The van der Waals surface area contributed by atoms with Crippen molar-refractivity contribution in [2.24, 2.45) is 0 Å². The lowest BCUT2D eigenvalue weighted by Crippen LogP contribution is -2.47. The number of pyridine rings is 1. The van der Waals surface area contributed by atoms with Crippen molar-refractivity contribution in [2.45, 2.75) is 52.0 Å². The van der Waals surface area contributed by atoms with Crippen LogP contribution in [0, 0.1) is 0 Å². The van der Waals surface area contributed by atoms with E-state index in [4.69, 9.17) is 14.5 Å². The van der Waals surface area contributed by atoms with Gasteiger partial charge in [-0.05, 0) is 63.8 Å². The largest absolute Gasteiger partial charge is 0.444 e. The van der Waals surface area contributed by atoms with Gasteiger partial charge < -0.3 is 9.47 Å². The standard InChI is InChI=1S/C23H26N2O3S/c1-22(2,3)28-21(26)25-19(14-27-23(25,4)5)16-13-18(20-11-8-12-29-20)24-17-10-7-6-9-15(16)17/h6-13,19H,14H2,1-5H3/t19-/m0/s1. The summed E-state index contributed by atoms with van der Waals surface area (Å²) < 4.78 is 11.8. The topological polar surface area (TPSA) is 51.7 Å². The van der Waals surface area contributed by atoms with E-state index in [9.17, 15) is 4.79 Å². The minimum atomic E-state index is -0.763. The van der Waals surface area contributed by atoms with Crippen molar-refractivity contribution in [2.75, 3.05) is 6.61 Å². The number of hydrogen-bond acceptors (Lipinski definition) is 5. The smallest absolute Gasteiger partial charge is 0.413 e. The first-order chi connectivity index (χ1) is 13.7. The number of rotatable bonds is 2. The van der Waals surface area contributed by atoms with E-state index in [2.05, 4.69) is 18.2 Å². The zero-order chi connectivity index (χ0) is 20.8. The number of ether oxygens (including phenoxy) is 2. The first kappa shape index (κ1) is 19.9. The number of amides is 1. The van der Waals surface area contributed by atoms with Crippen molar-refractivity contribution in [3.8, 4) is 10.6 Å². The number of nitrogens with zero attached hydrogens (tertiary/aromatic N) is 2. The molecule has 1 atom stereocenters. The summed E-state index contributed by atoms with van der Waals surface area (Å²) in [6.07, 6.45) is -0.372. The van der Waals surface area contributed by atoms with Gasteiger partial charge in [0.25, 0.3) is 0 Å². The zero-order valence-corrected chi connectivity index (χ0v) is 18.2. The molecule has 1 fully saturated rings. The Morgan fingerprint density at radius 1 is 1.24 bits per heavy atom. The lowest BCUT2D eigenvalue weighted by atomic mass is 9.99. The average molecular weight is 411 g/mol. The molecule has 29 heavy (non-hydrogen) atoms. The first-order valence-corrected chi connectivity index (χ1v) is 10.6. The summed E-state index contributed by atoms with van der Waals surface area (Å²) in [4.78, 5) is 20.8. The average Bonchev–Trinajstić information content (AvgIpc) is 3.27. The Kier molecular flexibility index (Phi) is 4.87. The fourth-order valence-corrected chi connectivity index (χ4v) is 4.40. The molecule has 3 heterocycles. The first-order valence-electron chi connectivity index (χ1n) is 9.75. The lowest BCUT2D eigenvalue weighted by molar-refractivity contribution is -0.0625. The zero-order valence-electron chi connectivity index (χ0n) is 17.4. The Labute approximate surface area is 175 Å². The van der Waals surface area contributed by atoms with Gasteiger partial charge in [0.2, 0.25) is 0 Å². The van der Waals surface area contributed by atoms with E-state index in [1.165, 1.54) is 0 Å². The van der Waals surface area contributed by atoms with Gasteiger partial charge >= 0.3 is 6.09 Å². The highest BCUT2D eigenvalue weighted by Crippen LogP contribution is 2.41. The Bertz CT molecular complexity index is 1040. The summed E-state index contributed by atoms with van der Waals surface area (Å²) >= 11 is 1.65. The van der Waals surface area contributed by atoms with E-state index in [0.29, 0.717) is 6.61 Å². The van der Waals surface area contributed by atoms with E-state index in [-0.39, 0.29) is 12.1 Å². The number of aromatic nitrogens is 1. The molecular formula is C23H26N2O3S. The second-order valence-electron chi connectivity index (χ2n) is 8.72. The van der Waals surface area contributed by atoms with E-state index < -0.39 is 11.3 Å². The Balaban J connectivity index is 1.85. The number of thiophene rings is 1. The van der Waals surface area contributed by atoms with Gasteiger partial charge in [-0.25, -0.2) is 9.78 Å². The summed E-state index contributed by atoms with van der Waals surface area (Å²) in [6, 6.07) is 13.9. The highest BCUT2D eigenvalue weighted by molar-refractivity contribution is 7.13. The van der Waals surface area contributed by atoms with Crippen LogP contribution >= 0.6 is 11.3 Å². The lowest BCUT2D eigenvalue weighted by Gasteiger charge is -2.35. The van der Waals surface area contributed by atoms with E-state index >= 15 is 0 Å². The molecule has 0 saturated carbocycles. The SMILES string of the molecule is CC(C)(C)OC(=O)N1[C@H](c2cc(-c3cccs3)nc3ccccc23)COC1(C)C. The molecule has 0 aliphatic carbocycles. The number of benzene rings is 1. The molecule has 1 aromatic carbocycles. The molecule has 1 aliphatic rings. The molecule has 0 spiro atoms. The molecule has 3 aromatic rings. The molecule has 152 valence electrons. The van der Waals surface area contributed by atoms with Crippen molar-refractivity contribution in [3.63, 3.8) is 0 Å². The second kappa shape index (κ2) is 7.11. The number of para-hydroxylation sites is 1. The molecule has 1 amide bonds. The Morgan fingerprint density at radius 2 is 2.00 bits per heavy atom. The molecule has 2 aromatic heterocycles. The summed E-state index contributed by atoms with van der Waals surface area (Å²) in [5.74, 6) is 0. The van der Waals surface area contributed by atoms with Crippen LogP contribution in [0.4, 0.5) is 4.79 Å². The Morgan fingerprint density at radius 3 is 2.69 bits per heavy atom. The third-order valence-electron chi connectivity index (χ3n) is 4.96. The van der Waals surface area contributed by atoms with Gasteiger partial charge in [-0.3, -0.25) is 4.90 Å². The number of fused-ring (bicyclic) bond motifs is 1. The van der Waals surface area contributed by atoms with Crippen molar-refractivity contribution < 1.29 is 14.3 Å². The fraction of sp³-hybridized carbons (Fsp3) is 0.391. The van der Waals surface area contributed by atoms with Crippen LogP contribution in [0.3, 0.4) is 0 Å². The molecular weight excluding hydrogens is 384 g/mol. The molecule has 1 aliphatic heterocycles. The maximum absolute atomic E-state index is 13.1. The van der Waals surface area contributed by atoms with Gasteiger partial charge in [-0.1, -0.05) is 24.3 Å². The van der Waals surface area contributed by atoms with Crippen LogP contribution in [0.5, 0.6) is 0 Å². The number of hydrogen-bond donors (Lipinski definition) is 0. The van der Waals surface area contributed by atoms with Crippen LogP contribution in [0.1, 0.15) is 46.2 Å². The normalized spacial score (nSPS) is 18.9. The quantitative estimate of drug-likeness (QED) is 0.519. The third-order valence-corrected chi connectivity index (χ3v) is 5.85. The monoisotopic (exact) mass is 410 g/mol. The summed E-state index contributed by atoms with van der Waals surface area (Å²) in [5.41, 5.74) is 1.49. The fourth-order valence-electron chi connectivity index (χ4n) is 3.72. The maximum Gasteiger partial charge on any atom is 0.413 e. The molecule has 0 bridgehead atoms. The second-order valence-corrected chi connectivity index (χ2v) is 9.66. The number of carbonyl (C=O) groups excluding carboxylic acids is 1. The van der Waals surface area contributed by atoms with Crippen molar-refractivity contribution in [1.82, 2.24) is 9.88 Å². The van der Waals surface area contributed by atoms with Crippen LogP contribution in [0.15, 0.2) is 47.8 Å². The van der Waals surface area contributed by atoms with Crippen LogP contribution in [-0.2, 0) is 9.47 Å². The van der Waals surface area contributed by atoms with Crippen LogP contribution in [0.2, 0.25) is 0 Å². The van der Waals surface area contributed by atoms with Crippen LogP contribution in [0.25, 0.3) is 21.5 Å². The molecule has 0 unspecified atom stereocenters. The summed E-state index contributed by atoms with van der Waals surface area (Å²) in [6.45, 7) is 9.84. The Hall–Kier alpha value is -2.44. The van der Waals surface area contributed by atoms with Gasteiger partial charge in [-0.2, -0.15) is 0 Å². The van der Waals surface area contributed by atoms with E-state index in [1.54, 1.807) is 16.2 Å².